The van der Waals surface area contributed by atoms with E-state index in [-0.39, 0.29) is 16.8 Å². The van der Waals surface area contributed by atoms with Gasteiger partial charge in [-0.2, -0.15) is 4.31 Å². The molecular formula is C14H21N3O3S. The number of nitrogens with zero attached hydrogens (tertiary/aromatic N) is 1. The monoisotopic (exact) mass is 311 g/mol. The maximum absolute atomic E-state index is 12.6. The summed E-state index contributed by atoms with van der Waals surface area (Å²) in [5.41, 5.74) is 1.01. The average Bonchev–Trinajstić information content (AvgIpc) is 2.49. The number of hydrogen-bond acceptors (Lipinski definition) is 4. The number of carbonyl (C=O) groups is 1. The summed E-state index contributed by atoms with van der Waals surface area (Å²) >= 11 is 0. The standard InChI is InChI=1S/C14H21N3O3S/c1-10(15-3)12-4-6-13(7-5-12)21(19,20)17-9-8-16-14(18)11(17)2/h4-7,10-11,15H,8-9H2,1-3H3,(H,16,18). The summed E-state index contributed by atoms with van der Waals surface area (Å²) in [6.07, 6.45) is 0. The summed E-state index contributed by atoms with van der Waals surface area (Å²) < 4.78 is 26.5. The van der Waals surface area contributed by atoms with Crippen molar-refractivity contribution in [3.8, 4) is 0 Å². The summed E-state index contributed by atoms with van der Waals surface area (Å²) in [7, 11) is -1.79. The lowest BCUT2D eigenvalue weighted by Gasteiger charge is -2.31. The molecule has 0 bridgehead atoms. The Morgan fingerprint density at radius 1 is 1.33 bits per heavy atom. The maximum Gasteiger partial charge on any atom is 0.243 e. The molecule has 0 radical (unpaired) electrons. The summed E-state index contributed by atoms with van der Waals surface area (Å²) in [4.78, 5) is 11.9. The molecule has 2 atom stereocenters. The molecule has 0 spiro atoms. The molecule has 1 aromatic carbocycles. The van der Waals surface area contributed by atoms with Crippen molar-refractivity contribution < 1.29 is 13.2 Å². The Bertz CT molecular complexity index is 613. The molecule has 2 unspecified atom stereocenters. The van der Waals surface area contributed by atoms with E-state index in [0.717, 1.165) is 5.56 Å². The van der Waals surface area contributed by atoms with Crippen LogP contribution in [0.15, 0.2) is 29.2 Å². The summed E-state index contributed by atoms with van der Waals surface area (Å²) in [6.45, 7) is 4.24. The third-order valence-electron chi connectivity index (χ3n) is 3.86. The van der Waals surface area contributed by atoms with Gasteiger partial charge in [0, 0.05) is 19.1 Å². The van der Waals surface area contributed by atoms with Crippen LogP contribution < -0.4 is 10.6 Å². The molecule has 116 valence electrons. The molecule has 1 saturated heterocycles. The van der Waals surface area contributed by atoms with Crippen molar-refractivity contribution in [2.75, 3.05) is 20.1 Å². The Balaban J connectivity index is 2.29. The van der Waals surface area contributed by atoms with Crippen LogP contribution in [0.4, 0.5) is 0 Å². The van der Waals surface area contributed by atoms with Gasteiger partial charge in [0.15, 0.2) is 0 Å². The number of hydrogen-bond donors (Lipinski definition) is 2. The largest absolute Gasteiger partial charge is 0.353 e. The van der Waals surface area contributed by atoms with Gasteiger partial charge >= 0.3 is 0 Å². The quantitative estimate of drug-likeness (QED) is 0.847. The highest BCUT2D eigenvalue weighted by molar-refractivity contribution is 7.89. The lowest BCUT2D eigenvalue weighted by molar-refractivity contribution is -0.126. The number of rotatable bonds is 4. The molecule has 21 heavy (non-hydrogen) atoms. The van der Waals surface area contributed by atoms with Gasteiger partial charge in [-0.15, -0.1) is 0 Å². The molecule has 1 aliphatic rings. The molecule has 1 aromatic rings. The van der Waals surface area contributed by atoms with Crippen LogP contribution in [-0.2, 0) is 14.8 Å². The van der Waals surface area contributed by atoms with Gasteiger partial charge in [-0.1, -0.05) is 12.1 Å². The Morgan fingerprint density at radius 3 is 2.52 bits per heavy atom. The van der Waals surface area contributed by atoms with Crippen molar-refractivity contribution in [3.63, 3.8) is 0 Å². The van der Waals surface area contributed by atoms with E-state index in [4.69, 9.17) is 0 Å². The Labute approximate surface area is 125 Å². The lowest BCUT2D eigenvalue weighted by Crippen LogP contribution is -2.55. The van der Waals surface area contributed by atoms with Gasteiger partial charge in [-0.25, -0.2) is 8.42 Å². The van der Waals surface area contributed by atoms with Crippen molar-refractivity contribution in [1.29, 1.82) is 0 Å². The summed E-state index contributed by atoms with van der Waals surface area (Å²) in [6, 6.07) is 6.25. The molecule has 0 saturated carbocycles. The van der Waals surface area contributed by atoms with Gasteiger partial charge in [-0.05, 0) is 38.6 Å². The topological polar surface area (TPSA) is 78.5 Å². The van der Waals surface area contributed by atoms with E-state index in [2.05, 4.69) is 10.6 Å². The van der Waals surface area contributed by atoms with E-state index in [1.165, 1.54) is 4.31 Å². The number of carbonyl (C=O) groups excluding carboxylic acids is 1. The van der Waals surface area contributed by atoms with E-state index < -0.39 is 16.1 Å². The van der Waals surface area contributed by atoms with E-state index in [9.17, 15) is 13.2 Å². The average molecular weight is 311 g/mol. The molecule has 6 nitrogen and oxygen atoms in total. The zero-order valence-corrected chi connectivity index (χ0v) is 13.3. The maximum atomic E-state index is 12.6. The van der Waals surface area contributed by atoms with Crippen LogP contribution in [0.5, 0.6) is 0 Å². The first kappa shape index (κ1) is 15.9. The Hall–Kier alpha value is -1.44. The first-order chi connectivity index (χ1) is 9.87. The van der Waals surface area contributed by atoms with Gasteiger partial charge < -0.3 is 10.6 Å². The molecule has 1 fully saturated rings. The van der Waals surface area contributed by atoms with E-state index in [0.29, 0.717) is 13.1 Å². The fraction of sp³-hybridized carbons (Fsp3) is 0.500. The van der Waals surface area contributed by atoms with Crippen molar-refractivity contribution in [2.45, 2.75) is 30.8 Å². The second-order valence-corrected chi connectivity index (χ2v) is 7.05. The number of piperazine rings is 1. The van der Waals surface area contributed by atoms with Crippen molar-refractivity contribution in [2.24, 2.45) is 0 Å². The predicted molar refractivity (Wildman–Crippen MR) is 80.3 cm³/mol. The Morgan fingerprint density at radius 2 is 1.95 bits per heavy atom. The van der Waals surface area contributed by atoms with E-state index in [1.54, 1.807) is 31.2 Å². The molecule has 2 rings (SSSR count). The minimum atomic E-state index is -3.64. The molecular weight excluding hydrogens is 290 g/mol. The van der Waals surface area contributed by atoms with Gasteiger partial charge in [-0.3, -0.25) is 4.79 Å². The van der Waals surface area contributed by atoms with Gasteiger partial charge in [0.2, 0.25) is 15.9 Å². The SMILES string of the molecule is CNC(C)c1ccc(S(=O)(=O)N2CCNC(=O)C2C)cc1. The molecule has 0 aliphatic carbocycles. The second kappa shape index (κ2) is 6.13. The van der Waals surface area contributed by atoms with Gasteiger partial charge in [0.05, 0.1) is 4.90 Å². The molecule has 7 heteroatoms. The van der Waals surface area contributed by atoms with Crippen LogP contribution in [0.2, 0.25) is 0 Å². The minimum absolute atomic E-state index is 0.154. The zero-order chi connectivity index (χ0) is 15.6. The molecule has 1 aliphatic heterocycles. The third kappa shape index (κ3) is 3.09. The number of benzene rings is 1. The molecule has 1 amide bonds. The normalized spacial score (nSPS) is 21.9. The van der Waals surface area contributed by atoms with E-state index >= 15 is 0 Å². The molecule has 2 N–H and O–H groups in total. The van der Waals surface area contributed by atoms with Crippen LogP contribution >= 0.6 is 0 Å². The summed E-state index contributed by atoms with van der Waals surface area (Å²) in [5.74, 6) is -0.259. The fourth-order valence-electron chi connectivity index (χ4n) is 2.32. The minimum Gasteiger partial charge on any atom is -0.353 e. The highest BCUT2D eigenvalue weighted by Crippen LogP contribution is 2.21. The Kier molecular flexibility index (Phi) is 4.65. The lowest BCUT2D eigenvalue weighted by atomic mass is 10.1. The van der Waals surface area contributed by atoms with Gasteiger partial charge in [0.1, 0.15) is 6.04 Å². The fourth-order valence-corrected chi connectivity index (χ4v) is 3.91. The predicted octanol–water partition coefficient (Wildman–Crippen LogP) is 0.476. The van der Waals surface area contributed by atoms with Crippen LogP contribution in [0.1, 0.15) is 25.5 Å². The van der Waals surface area contributed by atoms with Crippen LogP contribution in [-0.4, -0.2) is 44.8 Å². The van der Waals surface area contributed by atoms with Crippen LogP contribution in [0.25, 0.3) is 0 Å². The molecule has 0 aromatic heterocycles. The van der Waals surface area contributed by atoms with E-state index in [1.807, 2.05) is 14.0 Å². The van der Waals surface area contributed by atoms with Crippen LogP contribution in [0, 0.1) is 0 Å². The summed E-state index contributed by atoms with van der Waals surface area (Å²) in [5, 5.41) is 5.77. The van der Waals surface area contributed by atoms with Crippen molar-refractivity contribution >= 4 is 15.9 Å². The number of amides is 1. The number of nitrogens with one attached hydrogen (secondary N) is 2. The third-order valence-corrected chi connectivity index (χ3v) is 5.85. The second-order valence-electron chi connectivity index (χ2n) is 5.16. The highest BCUT2D eigenvalue weighted by Gasteiger charge is 2.35. The van der Waals surface area contributed by atoms with Crippen molar-refractivity contribution in [1.82, 2.24) is 14.9 Å². The van der Waals surface area contributed by atoms with Crippen molar-refractivity contribution in [3.05, 3.63) is 29.8 Å². The smallest absolute Gasteiger partial charge is 0.243 e. The number of sulfonamides is 1. The van der Waals surface area contributed by atoms with Crippen LogP contribution in [0.3, 0.4) is 0 Å². The first-order valence-corrected chi connectivity index (χ1v) is 8.38. The first-order valence-electron chi connectivity index (χ1n) is 6.94. The zero-order valence-electron chi connectivity index (χ0n) is 12.5. The molecule has 1 heterocycles. The highest BCUT2D eigenvalue weighted by atomic mass is 32.2. The van der Waals surface area contributed by atoms with Gasteiger partial charge in [0.25, 0.3) is 0 Å².